The fraction of sp³-hybridized carbons (Fsp3) is 0.312. The lowest BCUT2D eigenvalue weighted by Gasteiger charge is -2.19. The molecule has 0 spiro atoms. The summed E-state index contributed by atoms with van der Waals surface area (Å²) in [7, 11) is 2.02. The summed E-state index contributed by atoms with van der Waals surface area (Å²) < 4.78 is 0. The molecule has 2 aromatic rings. The Morgan fingerprint density at radius 3 is 2.57 bits per heavy atom. The highest BCUT2D eigenvalue weighted by Gasteiger charge is 2.08. The van der Waals surface area contributed by atoms with E-state index >= 15 is 0 Å². The minimum atomic E-state index is 0.694. The van der Waals surface area contributed by atoms with E-state index in [9.17, 15) is 0 Å². The number of hydrogen-bond acceptors (Lipinski definition) is 3. The van der Waals surface area contributed by atoms with E-state index in [0.717, 1.165) is 36.0 Å². The Morgan fingerprint density at radius 1 is 1.19 bits per heavy atom. The van der Waals surface area contributed by atoms with Gasteiger partial charge in [0.25, 0.3) is 0 Å². The Labute approximate surface area is 135 Å². The van der Waals surface area contributed by atoms with Gasteiger partial charge in [-0.25, -0.2) is 4.98 Å². The second kappa shape index (κ2) is 7.64. The molecular formula is C16H19Cl2N3. The maximum atomic E-state index is 6.18. The first-order chi connectivity index (χ1) is 10.1. The number of hydrogen-bond donors (Lipinski definition) is 1. The summed E-state index contributed by atoms with van der Waals surface area (Å²) >= 11 is 12.1. The molecule has 0 unspecified atom stereocenters. The fourth-order valence-electron chi connectivity index (χ4n) is 2.02. The molecule has 21 heavy (non-hydrogen) atoms. The van der Waals surface area contributed by atoms with Gasteiger partial charge in [0.1, 0.15) is 5.82 Å². The van der Waals surface area contributed by atoms with Gasteiger partial charge in [-0.1, -0.05) is 42.3 Å². The Balaban J connectivity index is 2.11. The first-order valence-electron chi connectivity index (χ1n) is 6.91. The summed E-state index contributed by atoms with van der Waals surface area (Å²) in [5.74, 6) is 0.905. The molecule has 0 aliphatic heterocycles. The first-order valence-corrected chi connectivity index (χ1v) is 7.66. The smallest absolute Gasteiger partial charge is 0.128 e. The van der Waals surface area contributed by atoms with Crippen molar-refractivity contribution in [1.29, 1.82) is 0 Å². The number of rotatable bonds is 6. The number of pyridine rings is 1. The molecule has 1 aromatic heterocycles. The quantitative estimate of drug-likeness (QED) is 0.866. The van der Waals surface area contributed by atoms with Crippen LogP contribution in [0.25, 0.3) is 0 Å². The van der Waals surface area contributed by atoms with Crippen LogP contribution in [0.15, 0.2) is 36.5 Å². The van der Waals surface area contributed by atoms with Crippen molar-refractivity contribution in [1.82, 2.24) is 10.3 Å². The summed E-state index contributed by atoms with van der Waals surface area (Å²) in [6.07, 6.45) is 1.71. The van der Waals surface area contributed by atoms with Gasteiger partial charge >= 0.3 is 0 Å². The number of anilines is 1. The largest absolute Gasteiger partial charge is 0.355 e. The first kappa shape index (κ1) is 16.1. The summed E-state index contributed by atoms with van der Waals surface area (Å²) in [4.78, 5) is 6.49. The third-order valence-electron chi connectivity index (χ3n) is 3.21. The zero-order valence-electron chi connectivity index (χ0n) is 12.2. The Morgan fingerprint density at radius 2 is 1.90 bits per heavy atom. The number of nitrogens with zero attached hydrogens (tertiary/aromatic N) is 2. The second-order valence-electron chi connectivity index (χ2n) is 4.90. The zero-order chi connectivity index (χ0) is 15.2. The monoisotopic (exact) mass is 323 g/mol. The van der Waals surface area contributed by atoms with Crippen molar-refractivity contribution in [3.8, 4) is 0 Å². The molecular weight excluding hydrogens is 305 g/mol. The third kappa shape index (κ3) is 4.60. The highest BCUT2D eigenvalue weighted by molar-refractivity contribution is 6.31. The van der Waals surface area contributed by atoms with E-state index in [2.05, 4.69) is 22.1 Å². The maximum absolute atomic E-state index is 6.18. The Kier molecular flexibility index (Phi) is 5.85. The van der Waals surface area contributed by atoms with Gasteiger partial charge in [0.05, 0.1) is 5.02 Å². The molecule has 0 bridgehead atoms. The van der Waals surface area contributed by atoms with E-state index in [1.807, 2.05) is 37.4 Å². The minimum absolute atomic E-state index is 0.694. The molecule has 0 aliphatic carbocycles. The molecule has 1 N–H and O–H groups in total. The van der Waals surface area contributed by atoms with Crippen LogP contribution in [0.5, 0.6) is 0 Å². The SMILES string of the molecule is CCNCc1cc(N(C)Cc2ccc(Cl)cc2)ncc1Cl. The van der Waals surface area contributed by atoms with Crippen LogP contribution >= 0.6 is 23.2 Å². The summed E-state index contributed by atoms with van der Waals surface area (Å²) in [6.45, 7) is 4.50. The van der Waals surface area contributed by atoms with Crippen LogP contribution in [0.3, 0.4) is 0 Å². The van der Waals surface area contributed by atoms with E-state index in [1.165, 1.54) is 5.56 Å². The van der Waals surface area contributed by atoms with E-state index < -0.39 is 0 Å². The van der Waals surface area contributed by atoms with Crippen LogP contribution in [0.1, 0.15) is 18.1 Å². The number of aromatic nitrogens is 1. The number of halogens is 2. The second-order valence-corrected chi connectivity index (χ2v) is 5.74. The fourth-order valence-corrected chi connectivity index (χ4v) is 2.31. The average Bonchev–Trinajstić information content (AvgIpc) is 2.48. The molecule has 0 aliphatic rings. The Bertz CT molecular complexity index is 585. The van der Waals surface area contributed by atoms with Crippen LogP contribution < -0.4 is 10.2 Å². The van der Waals surface area contributed by atoms with E-state index in [4.69, 9.17) is 23.2 Å². The van der Waals surface area contributed by atoms with Gasteiger partial charge < -0.3 is 10.2 Å². The topological polar surface area (TPSA) is 28.2 Å². The normalized spacial score (nSPS) is 10.7. The number of benzene rings is 1. The van der Waals surface area contributed by atoms with Crippen LogP contribution in [0, 0.1) is 0 Å². The predicted molar refractivity (Wildman–Crippen MR) is 90.2 cm³/mol. The average molecular weight is 324 g/mol. The van der Waals surface area contributed by atoms with Gasteiger partial charge in [0.2, 0.25) is 0 Å². The highest BCUT2D eigenvalue weighted by Crippen LogP contribution is 2.21. The van der Waals surface area contributed by atoms with Gasteiger partial charge in [-0.05, 0) is 35.9 Å². The van der Waals surface area contributed by atoms with Crippen molar-refractivity contribution in [2.24, 2.45) is 0 Å². The maximum Gasteiger partial charge on any atom is 0.128 e. The highest BCUT2D eigenvalue weighted by atomic mass is 35.5. The molecule has 3 nitrogen and oxygen atoms in total. The van der Waals surface area contributed by atoms with Gasteiger partial charge in [-0.15, -0.1) is 0 Å². The molecule has 2 rings (SSSR count). The molecule has 1 aromatic carbocycles. The molecule has 0 saturated heterocycles. The minimum Gasteiger partial charge on any atom is -0.355 e. The molecule has 1 heterocycles. The molecule has 112 valence electrons. The summed E-state index contributed by atoms with van der Waals surface area (Å²) in [6, 6.07) is 9.87. The van der Waals surface area contributed by atoms with Crippen LogP contribution in [-0.4, -0.2) is 18.6 Å². The van der Waals surface area contributed by atoms with Gasteiger partial charge in [0.15, 0.2) is 0 Å². The van der Waals surface area contributed by atoms with E-state index in [1.54, 1.807) is 6.20 Å². The van der Waals surface area contributed by atoms with Gasteiger partial charge in [-0.2, -0.15) is 0 Å². The van der Waals surface area contributed by atoms with Crippen molar-refractivity contribution < 1.29 is 0 Å². The molecule has 0 atom stereocenters. The van der Waals surface area contributed by atoms with Crippen molar-refractivity contribution >= 4 is 29.0 Å². The van der Waals surface area contributed by atoms with Gasteiger partial charge in [-0.3, -0.25) is 0 Å². The molecule has 0 radical (unpaired) electrons. The van der Waals surface area contributed by atoms with Crippen molar-refractivity contribution in [3.05, 3.63) is 57.7 Å². The standard InChI is InChI=1S/C16H19Cl2N3/c1-3-19-9-13-8-16(20-10-15(13)18)21(2)11-12-4-6-14(17)7-5-12/h4-8,10,19H,3,9,11H2,1-2H3. The van der Waals surface area contributed by atoms with Crippen LogP contribution in [-0.2, 0) is 13.1 Å². The van der Waals surface area contributed by atoms with Gasteiger partial charge in [0, 0.05) is 31.4 Å². The lowest BCUT2D eigenvalue weighted by Crippen LogP contribution is -2.19. The molecule has 0 amide bonds. The molecule has 0 saturated carbocycles. The molecule has 0 fully saturated rings. The number of nitrogens with one attached hydrogen (secondary N) is 1. The van der Waals surface area contributed by atoms with E-state index in [0.29, 0.717) is 5.02 Å². The lowest BCUT2D eigenvalue weighted by molar-refractivity contribution is 0.725. The Hall–Kier alpha value is -1.29. The zero-order valence-corrected chi connectivity index (χ0v) is 13.7. The van der Waals surface area contributed by atoms with Crippen molar-refractivity contribution in [2.75, 3.05) is 18.5 Å². The predicted octanol–water partition coefficient (Wildman–Crippen LogP) is 4.13. The van der Waals surface area contributed by atoms with Crippen LogP contribution in [0.2, 0.25) is 10.0 Å². The lowest BCUT2D eigenvalue weighted by atomic mass is 10.2. The van der Waals surface area contributed by atoms with E-state index in [-0.39, 0.29) is 0 Å². The molecule has 5 heteroatoms. The van der Waals surface area contributed by atoms with Crippen molar-refractivity contribution in [2.45, 2.75) is 20.0 Å². The summed E-state index contributed by atoms with van der Waals surface area (Å²) in [5.41, 5.74) is 2.25. The summed E-state index contributed by atoms with van der Waals surface area (Å²) in [5, 5.41) is 4.73. The van der Waals surface area contributed by atoms with Crippen LogP contribution in [0.4, 0.5) is 5.82 Å². The third-order valence-corrected chi connectivity index (χ3v) is 3.80. The van der Waals surface area contributed by atoms with Crippen molar-refractivity contribution in [3.63, 3.8) is 0 Å².